The van der Waals surface area contributed by atoms with E-state index in [2.05, 4.69) is 4.98 Å². The maximum Gasteiger partial charge on any atom is 0.327 e. The summed E-state index contributed by atoms with van der Waals surface area (Å²) in [5.41, 5.74) is 4.26. The summed E-state index contributed by atoms with van der Waals surface area (Å²) in [7, 11) is 0.0790. The van der Waals surface area contributed by atoms with Crippen molar-refractivity contribution in [2.45, 2.75) is 0 Å². The molecule has 0 radical (unpaired) electrons. The summed E-state index contributed by atoms with van der Waals surface area (Å²) >= 11 is 0. The van der Waals surface area contributed by atoms with Crippen LogP contribution in [0.1, 0.15) is 0 Å². The van der Waals surface area contributed by atoms with E-state index in [0.29, 0.717) is 0 Å². The number of H-pyrrole nitrogens is 1. The molecule has 1 rings (SSSR count). The predicted octanol–water partition coefficient (Wildman–Crippen LogP) is -2.39. The molecule has 0 atom stereocenters. The van der Waals surface area contributed by atoms with E-state index in [1.54, 1.807) is 0 Å². The Kier molecular flexibility index (Phi) is 1.72. The highest BCUT2D eigenvalue weighted by Crippen LogP contribution is 1.62. The van der Waals surface area contributed by atoms with Crippen LogP contribution in [0.4, 0.5) is 0 Å². The Bertz CT molecular complexity index is 328. The number of nitrogens with one attached hydrogen (secondary N) is 1. The molecule has 0 unspecified atom stereocenters. The van der Waals surface area contributed by atoms with E-state index in [4.69, 9.17) is 5.64 Å². The van der Waals surface area contributed by atoms with E-state index in [1.807, 2.05) is 0 Å². The van der Waals surface area contributed by atoms with Crippen molar-refractivity contribution in [2.24, 2.45) is 5.64 Å². The largest absolute Gasteiger partial charge is 0.353 e. The fourth-order valence-corrected chi connectivity index (χ4v) is 0.588. The summed E-state index contributed by atoms with van der Waals surface area (Å²) in [5.74, 6) is 0. The van der Waals surface area contributed by atoms with Gasteiger partial charge in [-0.1, -0.05) is 0 Å². The highest BCUT2D eigenvalue weighted by atomic mass is 16.2. The minimum atomic E-state index is -0.477. The average Bonchev–Trinajstić information content (AvgIpc) is 1.88. The van der Waals surface area contributed by atoms with Crippen LogP contribution >= 0.6 is 0 Å². The molecule has 1 aromatic rings. The van der Waals surface area contributed by atoms with E-state index >= 15 is 0 Å². The molecular formula is C4H6BN3O2. The van der Waals surface area contributed by atoms with Crippen LogP contribution in [-0.4, -0.2) is 17.0 Å². The highest BCUT2D eigenvalue weighted by Gasteiger charge is 1.91. The van der Waals surface area contributed by atoms with Gasteiger partial charge in [-0.05, 0) is 0 Å². The van der Waals surface area contributed by atoms with Crippen molar-refractivity contribution in [2.75, 3.05) is 0 Å². The van der Waals surface area contributed by atoms with Crippen molar-refractivity contribution in [3.8, 4) is 0 Å². The van der Waals surface area contributed by atoms with E-state index in [1.165, 1.54) is 16.7 Å². The molecule has 0 amide bonds. The van der Waals surface area contributed by atoms with Gasteiger partial charge in [0, 0.05) is 12.3 Å². The Hall–Kier alpha value is -1.30. The van der Waals surface area contributed by atoms with Crippen molar-refractivity contribution < 1.29 is 0 Å². The van der Waals surface area contributed by atoms with Gasteiger partial charge < -0.3 is 10.1 Å². The van der Waals surface area contributed by atoms with Crippen LogP contribution in [0.3, 0.4) is 0 Å². The Balaban J connectivity index is 3.34. The molecule has 6 heteroatoms. The van der Waals surface area contributed by atoms with Gasteiger partial charge in [-0.3, -0.25) is 9.78 Å². The lowest BCUT2D eigenvalue weighted by Gasteiger charge is -1.94. The number of hydrogen-bond donors (Lipinski definition) is 2. The molecule has 0 saturated carbocycles. The first-order valence-electron chi connectivity index (χ1n) is 2.74. The molecule has 0 aliphatic carbocycles. The summed E-state index contributed by atoms with van der Waals surface area (Å²) < 4.78 is 1.20. The molecule has 0 aliphatic heterocycles. The normalized spacial score (nSPS) is 9.30. The van der Waals surface area contributed by atoms with Gasteiger partial charge in [0.05, 0.1) is 0 Å². The molecular weight excluding hydrogens is 133 g/mol. The number of nitrogens with two attached hydrogens (primary N) is 1. The number of hydrogen-bond acceptors (Lipinski definition) is 3. The molecule has 1 aromatic heterocycles. The highest BCUT2D eigenvalue weighted by molar-refractivity contribution is 6.28. The van der Waals surface area contributed by atoms with Gasteiger partial charge in [0.1, 0.15) is 0 Å². The molecule has 3 N–H and O–H groups in total. The van der Waals surface area contributed by atoms with E-state index in [-0.39, 0.29) is 7.55 Å². The average molecular weight is 139 g/mol. The second kappa shape index (κ2) is 2.53. The smallest absolute Gasteiger partial charge is 0.327 e. The number of aromatic nitrogens is 2. The lowest BCUT2D eigenvalue weighted by Crippen LogP contribution is -2.34. The summed E-state index contributed by atoms with van der Waals surface area (Å²) in [4.78, 5) is 23.2. The summed E-state index contributed by atoms with van der Waals surface area (Å²) in [6, 6.07) is 1.24. The van der Waals surface area contributed by atoms with Gasteiger partial charge in [-0.25, -0.2) is 4.79 Å². The SMILES string of the molecule is NBn1ccc(=O)[nH]c1=O. The van der Waals surface area contributed by atoms with E-state index < -0.39 is 11.2 Å². The van der Waals surface area contributed by atoms with Crippen LogP contribution in [0.15, 0.2) is 21.9 Å². The van der Waals surface area contributed by atoms with Gasteiger partial charge in [0.2, 0.25) is 0 Å². The maximum absolute atomic E-state index is 10.7. The molecule has 0 aromatic carbocycles. The molecule has 0 fully saturated rings. The summed E-state index contributed by atoms with van der Waals surface area (Å²) in [6.07, 6.45) is 1.35. The summed E-state index contributed by atoms with van der Waals surface area (Å²) in [6.45, 7) is 0. The van der Waals surface area contributed by atoms with Crippen molar-refractivity contribution in [1.29, 1.82) is 0 Å². The molecule has 0 spiro atoms. The molecule has 52 valence electrons. The third-order valence-electron chi connectivity index (χ3n) is 1.09. The predicted molar refractivity (Wildman–Crippen MR) is 38.1 cm³/mol. The molecule has 0 saturated heterocycles. The van der Waals surface area contributed by atoms with Crippen LogP contribution in [0.25, 0.3) is 0 Å². The Morgan fingerprint density at radius 1 is 1.60 bits per heavy atom. The lowest BCUT2D eigenvalue weighted by atomic mass is 10.2. The molecule has 0 bridgehead atoms. The van der Waals surface area contributed by atoms with Gasteiger partial charge in [0.15, 0.2) is 0 Å². The minimum absolute atomic E-state index is 0.0790. The molecule has 1 heterocycles. The number of rotatable bonds is 1. The fourth-order valence-electron chi connectivity index (χ4n) is 0.588. The van der Waals surface area contributed by atoms with Crippen LogP contribution in [0.2, 0.25) is 0 Å². The van der Waals surface area contributed by atoms with Crippen molar-refractivity contribution in [3.63, 3.8) is 0 Å². The van der Waals surface area contributed by atoms with Gasteiger partial charge in [-0.2, -0.15) is 0 Å². The lowest BCUT2D eigenvalue weighted by molar-refractivity contribution is 0.964. The Labute approximate surface area is 56.8 Å². The third-order valence-corrected chi connectivity index (χ3v) is 1.09. The van der Waals surface area contributed by atoms with Crippen molar-refractivity contribution in [3.05, 3.63) is 33.1 Å². The third kappa shape index (κ3) is 1.16. The zero-order chi connectivity index (χ0) is 7.56. The second-order valence-electron chi connectivity index (χ2n) is 1.76. The number of nitrogens with zero attached hydrogens (tertiary/aromatic N) is 1. The van der Waals surface area contributed by atoms with E-state index in [0.717, 1.165) is 0 Å². The first-order chi connectivity index (χ1) is 4.74. The van der Waals surface area contributed by atoms with Gasteiger partial charge >= 0.3 is 13.2 Å². The zero-order valence-electron chi connectivity index (χ0n) is 5.20. The molecule has 0 aliphatic rings. The minimum Gasteiger partial charge on any atom is -0.353 e. The standard InChI is InChI=1S/C4H6BN3O2/c6-5-8-2-1-3(9)7-4(8)10/h1-2,5H,6H2,(H,7,9,10). The van der Waals surface area contributed by atoms with Crippen LogP contribution in [-0.2, 0) is 0 Å². The fraction of sp³-hybridized carbons (Fsp3) is 0. The molecule has 5 nitrogen and oxygen atoms in total. The Morgan fingerprint density at radius 2 is 2.30 bits per heavy atom. The quantitative estimate of drug-likeness (QED) is 0.426. The van der Waals surface area contributed by atoms with Crippen molar-refractivity contribution >= 4 is 7.55 Å². The second-order valence-corrected chi connectivity index (χ2v) is 1.76. The van der Waals surface area contributed by atoms with Crippen LogP contribution in [0, 0.1) is 0 Å². The molecule has 10 heavy (non-hydrogen) atoms. The number of aromatic amines is 1. The topological polar surface area (TPSA) is 80.9 Å². The van der Waals surface area contributed by atoms with Crippen LogP contribution in [0.5, 0.6) is 0 Å². The zero-order valence-corrected chi connectivity index (χ0v) is 5.20. The van der Waals surface area contributed by atoms with Crippen molar-refractivity contribution in [1.82, 2.24) is 9.46 Å². The first kappa shape index (κ1) is 6.82. The summed E-state index contributed by atoms with van der Waals surface area (Å²) in [5, 5.41) is 0. The van der Waals surface area contributed by atoms with Crippen LogP contribution < -0.4 is 16.9 Å². The monoisotopic (exact) mass is 139 g/mol. The van der Waals surface area contributed by atoms with E-state index in [9.17, 15) is 9.59 Å². The van der Waals surface area contributed by atoms with Gasteiger partial charge in [0.25, 0.3) is 5.56 Å². The first-order valence-corrected chi connectivity index (χ1v) is 2.74. The Morgan fingerprint density at radius 3 is 2.80 bits per heavy atom. The maximum atomic E-state index is 10.7. The van der Waals surface area contributed by atoms with Gasteiger partial charge in [-0.15, -0.1) is 0 Å².